The van der Waals surface area contributed by atoms with Crippen LogP contribution in [0.5, 0.6) is 0 Å². The SMILES string of the molecule is C=C(C)C(Cc1cccnc1)NC. The molecule has 2 nitrogen and oxygen atoms in total. The summed E-state index contributed by atoms with van der Waals surface area (Å²) in [6.07, 6.45) is 4.64. The number of nitrogens with one attached hydrogen (secondary N) is 1. The van der Waals surface area contributed by atoms with Crippen molar-refractivity contribution in [2.24, 2.45) is 0 Å². The Morgan fingerprint density at radius 3 is 2.92 bits per heavy atom. The Labute approximate surface area is 79.7 Å². The van der Waals surface area contributed by atoms with E-state index in [0.717, 1.165) is 12.0 Å². The minimum atomic E-state index is 0.351. The molecule has 1 heterocycles. The van der Waals surface area contributed by atoms with Gasteiger partial charge in [0.05, 0.1) is 0 Å². The first kappa shape index (κ1) is 9.93. The van der Waals surface area contributed by atoms with Gasteiger partial charge in [-0.05, 0) is 32.0 Å². The lowest BCUT2D eigenvalue weighted by atomic mass is 10.0. The van der Waals surface area contributed by atoms with Crippen molar-refractivity contribution in [2.75, 3.05) is 7.05 Å². The maximum Gasteiger partial charge on any atom is 0.0312 e. The third kappa shape index (κ3) is 2.99. The second kappa shape index (κ2) is 4.77. The molecule has 0 spiro atoms. The molecule has 1 rings (SSSR count). The Morgan fingerprint density at radius 1 is 1.69 bits per heavy atom. The quantitative estimate of drug-likeness (QED) is 0.707. The lowest BCUT2D eigenvalue weighted by Gasteiger charge is -2.15. The van der Waals surface area contributed by atoms with Gasteiger partial charge in [-0.15, -0.1) is 0 Å². The lowest BCUT2D eigenvalue weighted by Crippen LogP contribution is -2.28. The average molecular weight is 176 g/mol. The van der Waals surface area contributed by atoms with Gasteiger partial charge in [0.15, 0.2) is 0 Å². The first-order chi connectivity index (χ1) is 6.24. The van der Waals surface area contributed by atoms with Gasteiger partial charge in [-0.1, -0.05) is 18.2 Å². The van der Waals surface area contributed by atoms with Crippen LogP contribution in [0.4, 0.5) is 0 Å². The number of aromatic nitrogens is 1. The Morgan fingerprint density at radius 2 is 2.46 bits per heavy atom. The van der Waals surface area contributed by atoms with Gasteiger partial charge in [0.1, 0.15) is 0 Å². The molecule has 0 aliphatic rings. The fraction of sp³-hybridized carbons (Fsp3) is 0.364. The predicted molar refractivity (Wildman–Crippen MR) is 55.6 cm³/mol. The van der Waals surface area contributed by atoms with Crippen molar-refractivity contribution in [3.05, 3.63) is 42.2 Å². The van der Waals surface area contributed by atoms with E-state index in [9.17, 15) is 0 Å². The van der Waals surface area contributed by atoms with Crippen LogP contribution < -0.4 is 5.32 Å². The molecule has 0 fully saturated rings. The van der Waals surface area contributed by atoms with Crippen molar-refractivity contribution in [3.63, 3.8) is 0 Å². The summed E-state index contributed by atoms with van der Waals surface area (Å²) in [7, 11) is 1.95. The largest absolute Gasteiger partial charge is 0.313 e. The zero-order valence-electron chi connectivity index (χ0n) is 8.25. The first-order valence-corrected chi connectivity index (χ1v) is 4.45. The summed E-state index contributed by atoms with van der Waals surface area (Å²) < 4.78 is 0. The van der Waals surface area contributed by atoms with Crippen LogP contribution in [0.3, 0.4) is 0 Å². The molecule has 0 saturated heterocycles. The van der Waals surface area contributed by atoms with E-state index in [1.54, 1.807) is 6.20 Å². The van der Waals surface area contributed by atoms with Gasteiger partial charge in [0.2, 0.25) is 0 Å². The molecular weight excluding hydrogens is 160 g/mol. The highest BCUT2D eigenvalue weighted by atomic mass is 14.9. The molecule has 0 aromatic carbocycles. The fourth-order valence-corrected chi connectivity index (χ4v) is 1.28. The van der Waals surface area contributed by atoms with Crippen LogP contribution in [0, 0.1) is 0 Å². The van der Waals surface area contributed by atoms with Gasteiger partial charge in [0, 0.05) is 18.4 Å². The van der Waals surface area contributed by atoms with Crippen LogP contribution in [0.15, 0.2) is 36.7 Å². The van der Waals surface area contributed by atoms with Crippen LogP contribution in [0.2, 0.25) is 0 Å². The molecule has 13 heavy (non-hydrogen) atoms. The summed E-state index contributed by atoms with van der Waals surface area (Å²) in [5, 5.41) is 3.22. The molecule has 0 radical (unpaired) electrons. The highest BCUT2D eigenvalue weighted by molar-refractivity contribution is 5.15. The van der Waals surface area contributed by atoms with Crippen LogP contribution >= 0.6 is 0 Å². The number of rotatable bonds is 4. The Balaban J connectivity index is 2.62. The van der Waals surface area contributed by atoms with Crippen molar-refractivity contribution in [2.45, 2.75) is 19.4 Å². The summed E-state index contributed by atoms with van der Waals surface area (Å²) in [4.78, 5) is 4.07. The Kier molecular flexibility index (Phi) is 3.65. The van der Waals surface area contributed by atoms with E-state index in [0.29, 0.717) is 6.04 Å². The monoisotopic (exact) mass is 176 g/mol. The molecule has 1 N–H and O–H groups in total. The maximum atomic E-state index is 4.07. The van der Waals surface area contributed by atoms with E-state index >= 15 is 0 Å². The minimum Gasteiger partial charge on any atom is -0.313 e. The van der Waals surface area contributed by atoms with Crippen molar-refractivity contribution >= 4 is 0 Å². The molecule has 1 unspecified atom stereocenters. The van der Waals surface area contributed by atoms with Gasteiger partial charge >= 0.3 is 0 Å². The van der Waals surface area contributed by atoms with Gasteiger partial charge in [0.25, 0.3) is 0 Å². The zero-order valence-corrected chi connectivity index (χ0v) is 8.25. The molecule has 1 atom stereocenters. The fourth-order valence-electron chi connectivity index (χ4n) is 1.28. The maximum absolute atomic E-state index is 4.07. The first-order valence-electron chi connectivity index (χ1n) is 4.45. The molecule has 70 valence electrons. The average Bonchev–Trinajstić information content (AvgIpc) is 2.15. The molecule has 1 aromatic rings. The summed E-state index contributed by atoms with van der Waals surface area (Å²) in [5.41, 5.74) is 2.40. The van der Waals surface area contributed by atoms with Crippen LogP contribution in [-0.2, 0) is 6.42 Å². The number of pyridine rings is 1. The van der Waals surface area contributed by atoms with Crippen LogP contribution in [-0.4, -0.2) is 18.1 Å². The second-order valence-electron chi connectivity index (χ2n) is 3.25. The van der Waals surface area contributed by atoms with Crippen molar-refractivity contribution in [1.29, 1.82) is 0 Å². The lowest BCUT2D eigenvalue weighted by molar-refractivity contribution is 0.633. The van der Waals surface area contributed by atoms with E-state index in [4.69, 9.17) is 0 Å². The van der Waals surface area contributed by atoms with E-state index in [1.165, 1.54) is 5.56 Å². The molecule has 0 amide bonds. The Bertz CT molecular complexity index is 267. The summed E-state index contributed by atoms with van der Waals surface area (Å²) in [6.45, 7) is 5.98. The van der Waals surface area contributed by atoms with Gasteiger partial charge < -0.3 is 5.32 Å². The Hall–Kier alpha value is -1.15. The zero-order chi connectivity index (χ0) is 9.68. The minimum absolute atomic E-state index is 0.351. The number of likely N-dealkylation sites (N-methyl/N-ethyl adjacent to an activating group) is 1. The number of hydrogen-bond acceptors (Lipinski definition) is 2. The predicted octanol–water partition coefficient (Wildman–Crippen LogP) is 1.79. The van der Waals surface area contributed by atoms with Gasteiger partial charge in [-0.2, -0.15) is 0 Å². The molecular formula is C11H16N2. The summed E-state index contributed by atoms with van der Waals surface area (Å²) in [5.74, 6) is 0. The van der Waals surface area contributed by atoms with E-state index in [-0.39, 0.29) is 0 Å². The van der Waals surface area contributed by atoms with Crippen molar-refractivity contribution in [3.8, 4) is 0 Å². The van der Waals surface area contributed by atoms with Crippen molar-refractivity contribution < 1.29 is 0 Å². The van der Waals surface area contributed by atoms with Gasteiger partial charge in [-0.3, -0.25) is 4.98 Å². The van der Waals surface area contributed by atoms with E-state index in [2.05, 4.69) is 22.9 Å². The van der Waals surface area contributed by atoms with E-state index < -0.39 is 0 Å². The molecule has 0 bridgehead atoms. The molecule has 0 saturated carbocycles. The van der Waals surface area contributed by atoms with Crippen molar-refractivity contribution in [1.82, 2.24) is 10.3 Å². The van der Waals surface area contributed by atoms with Crippen LogP contribution in [0.1, 0.15) is 12.5 Å². The third-order valence-electron chi connectivity index (χ3n) is 2.11. The van der Waals surface area contributed by atoms with Crippen LogP contribution in [0.25, 0.3) is 0 Å². The number of nitrogens with zero attached hydrogens (tertiary/aromatic N) is 1. The third-order valence-corrected chi connectivity index (χ3v) is 2.11. The number of hydrogen-bond donors (Lipinski definition) is 1. The molecule has 0 aliphatic carbocycles. The smallest absolute Gasteiger partial charge is 0.0312 e. The second-order valence-corrected chi connectivity index (χ2v) is 3.25. The summed E-state index contributed by atoms with van der Waals surface area (Å²) >= 11 is 0. The highest BCUT2D eigenvalue weighted by Gasteiger charge is 2.06. The normalized spacial score (nSPS) is 12.5. The standard InChI is InChI=1S/C11H16N2/c1-9(2)11(12-3)7-10-5-4-6-13-8-10/h4-6,8,11-12H,1,7H2,2-3H3. The van der Waals surface area contributed by atoms with E-state index in [1.807, 2.05) is 26.2 Å². The molecule has 2 heteroatoms. The molecule has 0 aliphatic heterocycles. The molecule has 1 aromatic heterocycles. The van der Waals surface area contributed by atoms with Gasteiger partial charge in [-0.25, -0.2) is 0 Å². The summed E-state index contributed by atoms with van der Waals surface area (Å²) in [6, 6.07) is 4.39. The highest BCUT2D eigenvalue weighted by Crippen LogP contribution is 2.06. The topological polar surface area (TPSA) is 24.9 Å².